The van der Waals surface area contributed by atoms with Gasteiger partial charge in [-0.3, -0.25) is 0 Å². The Morgan fingerprint density at radius 2 is 1.42 bits per heavy atom. The van der Waals surface area contributed by atoms with E-state index in [1.165, 1.54) is 24.3 Å². The molecule has 0 spiro atoms. The Labute approximate surface area is 110 Å². The molecule has 0 aromatic heterocycles. The Bertz CT molecular complexity index is 535. The highest BCUT2D eigenvalue weighted by Gasteiger charge is 2.14. The molecule has 2 rings (SSSR count). The fourth-order valence-electron chi connectivity index (χ4n) is 2.16. The van der Waals surface area contributed by atoms with Crippen LogP contribution in [-0.2, 0) is 0 Å². The molecule has 3 N–H and O–H groups in total. The molecule has 1 nitrogen and oxygen atoms in total. The van der Waals surface area contributed by atoms with Crippen molar-refractivity contribution in [3.05, 3.63) is 71.0 Å². The molecule has 0 heterocycles. The van der Waals surface area contributed by atoms with Gasteiger partial charge in [-0.2, -0.15) is 0 Å². The molecule has 1 atom stereocenters. The van der Waals surface area contributed by atoms with E-state index in [1.807, 2.05) is 6.92 Å². The molecule has 0 fully saturated rings. The molecule has 1 unspecified atom stereocenters. The van der Waals surface area contributed by atoms with Crippen LogP contribution in [-0.4, -0.2) is 0 Å². The third-order valence-electron chi connectivity index (χ3n) is 2.95. The SMILES string of the molecule is CCC(c1cccc(F)c1)c1cc(F)cc(F)c1.N. The Balaban J connectivity index is 0.00000180. The van der Waals surface area contributed by atoms with E-state index in [9.17, 15) is 13.2 Å². The Hall–Kier alpha value is -1.81. The van der Waals surface area contributed by atoms with E-state index in [0.717, 1.165) is 11.6 Å². The highest BCUT2D eigenvalue weighted by atomic mass is 19.1. The van der Waals surface area contributed by atoms with Crippen LogP contribution in [0.25, 0.3) is 0 Å². The van der Waals surface area contributed by atoms with Crippen LogP contribution >= 0.6 is 0 Å². The molecule has 0 saturated heterocycles. The smallest absolute Gasteiger partial charge is 0.126 e. The van der Waals surface area contributed by atoms with Crippen molar-refractivity contribution >= 4 is 0 Å². The van der Waals surface area contributed by atoms with E-state index >= 15 is 0 Å². The fourth-order valence-corrected chi connectivity index (χ4v) is 2.16. The summed E-state index contributed by atoms with van der Waals surface area (Å²) in [4.78, 5) is 0. The maximum absolute atomic E-state index is 13.2. The molecule has 2 aromatic carbocycles. The fraction of sp³-hybridized carbons (Fsp3) is 0.200. The van der Waals surface area contributed by atoms with Crippen LogP contribution in [0.3, 0.4) is 0 Å². The number of halogens is 3. The van der Waals surface area contributed by atoms with E-state index in [-0.39, 0.29) is 17.9 Å². The summed E-state index contributed by atoms with van der Waals surface area (Å²) in [5.74, 6) is -1.77. The summed E-state index contributed by atoms with van der Waals surface area (Å²) in [6, 6.07) is 9.54. The van der Waals surface area contributed by atoms with Crippen LogP contribution in [0, 0.1) is 17.5 Å². The van der Waals surface area contributed by atoms with Gasteiger partial charge < -0.3 is 6.15 Å². The minimum absolute atomic E-state index is 0. The van der Waals surface area contributed by atoms with Crippen LogP contribution in [0.1, 0.15) is 30.4 Å². The van der Waals surface area contributed by atoms with Crippen molar-refractivity contribution in [1.29, 1.82) is 0 Å². The van der Waals surface area contributed by atoms with Gasteiger partial charge in [-0.15, -0.1) is 0 Å². The first kappa shape index (κ1) is 15.2. The maximum Gasteiger partial charge on any atom is 0.126 e. The monoisotopic (exact) mass is 267 g/mol. The van der Waals surface area contributed by atoms with E-state index in [1.54, 1.807) is 12.1 Å². The third-order valence-corrected chi connectivity index (χ3v) is 2.95. The minimum atomic E-state index is -0.611. The molecule has 19 heavy (non-hydrogen) atoms. The average molecular weight is 267 g/mol. The predicted molar refractivity (Wildman–Crippen MR) is 69.9 cm³/mol. The van der Waals surface area contributed by atoms with Crippen molar-refractivity contribution in [2.45, 2.75) is 19.3 Å². The van der Waals surface area contributed by atoms with E-state index in [0.29, 0.717) is 12.0 Å². The van der Waals surface area contributed by atoms with Crippen molar-refractivity contribution in [1.82, 2.24) is 6.15 Å². The number of benzene rings is 2. The zero-order valence-electron chi connectivity index (χ0n) is 10.7. The van der Waals surface area contributed by atoms with Gasteiger partial charge in [0.1, 0.15) is 17.5 Å². The lowest BCUT2D eigenvalue weighted by Crippen LogP contribution is -2.01. The van der Waals surface area contributed by atoms with Crippen molar-refractivity contribution in [2.75, 3.05) is 0 Å². The highest BCUT2D eigenvalue weighted by Crippen LogP contribution is 2.29. The van der Waals surface area contributed by atoms with E-state index in [4.69, 9.17) is 0 Å². The molecular weight excluding hydrogens is 251 g/mol. The molecule has 102 valence electrons. The molecule has 0 radical (unpaired) electrons. The van der Waals surface area contributed by atoms with Crippen LogP contribution in [0.15, 0.2) is 42.5 Å². The maximum atomic E-state index is 13.2. The summed E-state index contributed by atoms with van der Waals surface area (Å²) in [5, 5.41) is 0. The standard InChI is InChI=1S/C15H13F3.H3N/c1-2-15(10-4-3-5-12(16)6-10)11-7-13(17)9-14(18)8-11;/h3-9,15H,2H2,1H3;1H3. The average Bonchev–Trinajstić information content (AvgIpc) is 2.28. The summed E-state index contributed by atoms with van der Waals surface area (Å²) in [6.07, 6.45) is 0.645. The predicted octanol–water partition coefficient (Wildman–Crippen LogP) is 4.81. The Morgan fingerprint density at radius 3 is 1.95 bits per heavy atom. The first-order valence-electron chi connectivity index (χ1n) is 5.81. The van der Waals surface area contributed by atoms with Gasteiger partial charge in [-0.25, -0.2) is 13.2 Å². The second-order valence-electron chi connectivity index (χ2n) is 4.22. The molecule has 0 amide bonds. The molecule has 0 aliphatic rings. The third kappa shape index (κ3) is 3.58. The van der Waals surface area contributed by atoms with Crippen LogP contribution in [0.2, 0.25) is 0 Å². The summed E-state index contributed by atoms with van der Waals surface area (Å²) in [6.45, 7) is 1.90. The van der Waals surface area contributed by atoms with Gasteiger partial charge in [0.2, 0.25) is 0 Å². The normalized spacial score (nSPS) is 11.8. The zero-order chi connectivity index (χ0) is 13.1. The lowest BCUT2D eigenvalue weighted by molar-refractivity contribution is 0.575. The summed E-state index contributed by atoms with van der Waals surface area (Å²) in [5.41, 5.74) is 1.25. The van der Waals surface area contributed by atoms with Gasteiger partial charge in [0.15, 0.2) is 0 Å². The Morgan fingerprint density at radius 1 is 0.842 bits per heavy atom. The molecule has 0 saturated carbocycles. The molecule has 0 aliphatic carbocycles. The minimum Gasteiger partial charge on any atom is -0.344 e. The molecular formula is C15H16F3N. The first-order valence-corrected chi connectivity index (χ1v) is 5.81. The molecule has 2 aromatic rings. The Kier molecular flexibility index (Phi) is 5.12. The van der Waals surface area contributed by atoms with Gasteiger partial charge in [0.05, 0.1) is 0 Å². The molecule has 0 bridgehead atoms. The quantitative estimate of drug-likeness (QED) is 0.851. The van der Waals surface area contributed by atoms with Gasteiger partial charge in [0, 0.05) is 12.0 Å². The van der Waals surface area contributed by atoms with Gasteiger partial charge >= 0.3 is 0 Å². The highest BCUT2D eigenvalue weighted by molar-refractivity contribution is 5.33. The number of hydrogen-bond acceptors (Lipinski definition) is 1. The van der Waals surface area contributed by atoms with Crippen molar-refractivity contribution in [3.63, 3.8) is 0 Å². The van der Waals surface area contributed by atoms with Crippen molar-refractivity contribution < 1.29 is 13.2 Å². The zero-order valence-corrected chi connectivity index (χ0v) is 10.7. The second-order valence-corrected chi connectivity index (χ2v) is 4.22. The van der Waals surface area contributed by atoms with Crippen LogP contribution in [0.5, 0.6) is 0 Å². The van der Waals surface area contributed by atoms with Gasteiger partial charge in [-0.1, -0.05) is 19.1 Å². The topological polar surface area (TPSA) is 35.0 Å². The van der Waals surface area contributed by atoms with Gasteiger partial charge in [-0.05, 0) is 41.8 Å². The second kappa shape index (κ2) is 6.38. The van der Waals surface area contributed by atoms with Crippen LogP contribution < -0.4 is 6.15 Å². The summed E-state index contributed by atoms with van der Waals surface area (Å²) >= 11 is 0. The van der Waals surface area contributed by atoms with E-state index < -0.39 is 11.6 Å². The largest absolute Gasteiger partial charge is 0.344 e. The van der Waals surface area contributed by atoms with Crippen molar-refractivity contribution in [2.24, 2.45) is 0 Å². The van der Waals surface area contributed by atoms with Crippen molar-refractivity contribution in [3.8, 4) is 0 Å². The lowest BCUT2D eigenvalue weighted by Gasteiger charge is -2.16. The lowest BCUT2D eigenvalue weighted by atomic mass is 9.89. The molecule has 0 aliphatic heterocycles. The summed E-state index contributed by atoms with van der Waals surface area (Å²) < 4.78 is 39.6. The molecule has 4 heteroatoms. The van der Waals surface area contributed by atoms with Gasteiger partial charge in [0.25, 0.3) is 0 Å². The van der Waals surface area contributed by atoms with Crippen LogP contribution in [0.4, 0.5) is 13.2 Å². The number of hydrogen-bond donors (Lipinski definition) is 1. The van der Waals surface area contributed by atoms with E-state index in [2.05, 4.69) is 0 Å². The first-order chi connectivity index (χ1) is 8.60. The number of rotatable bonds is 3. The summed E-state index contributed by atoms with van der Waals surface area (Å²) in [7, 11) is 0.